The van der Waals surface area contributed by atoms with Crippen LogP contribution in [0.4, 0.5) is 13.6 Å². The highest BCUT2D eigenvalue weighted by atomic mass is 19.1. The van der Waals surface area contributed by atoms with Gasteiger partial charge in [0.2, 0.25) is 0 Å². The molecule has 0 spiro atoms. The van der Waals surface area contributed by atoms with Crippen molar-refractivity contribution in [1.29, 1.82) is 0 Å². The van der Waals surface area contributed by atoms with Crippen LogP contribution in [0.15, 0.2) is 18.2 Å². The molecule has 0 aliphatic carbocycles. The van der Waals surface area contributed by atoms with E-state index in [4.69, 9.17) is 0 Å². The molecule has 1 aromatic carbocycles. The molecule has 0 aliphatic heterocycles. The molecule has 0 aliphatic rings. The summed E-state index contributed by atoms with van der Waals surface area (Å²) in [5, 5.41) is 0. The first kappa shape index (κ1) is 12.4. The van der Waals surface area contributed by atoms with Gasteiger partial charge in [-0.3, -0.25) is 0 Å². The third kappa shape index (κ3) is 3.18. The molecule has 0 fully saturated rings. The van der Waals surface area contributed by atoms with Gasteiger partial charge in [-0.2, -0.15) is 0 Å². The number of nitrogens with zero attached hydrogens (tertiary/aromatic N) is 1. The lowest BCUT2D eigenvalue weighted by atomic mass is 10.2. The maximum absolute atomic E-state index is 12.9. The van der Waals surface area contributed by atoms with E-state index >= 15 is 0 Å². The van der Waals surface area contributed by atoms with Crippen LogP contribution in [0.5, 0.6) is 0 Å². The average molecular weight is 229 g/mol. The second-order valence-corrected chi connectivity index (χ2v) is 3.26. The number of methoxy groups -OCH3 is 1. The van der Waals surface area contributed by atoms with E-state index in [0.717, 1.165) is 6.07 Å². The quantitative estimate of drug-likeness (QED) is 0.797. The third-order valence-electron chi connectivity index (χ3n) is 2.11. The van der Waals surface area contributed by atoms with Gasteiger partial charge in [-0.05, 0) is 24.6 Å². The number of rotatable bonds is 3. The van der Waals surface area contributed by atoms with Gasteiger partial charge in [0.25, 0.3) is 0 Å². The molecule has 0 aromatic heterocycles. The van der Waals surface area contributed by atoms with Crippen molar-refractivity contribution in [3.63, 3.8) is 0 Å². The fraction of sp³-hybridized carbons (Fsp3) is 0.364. The molecule has 0 heterocycles. The number of hydrogen-bond acceptors (Lipinski definition) is 2. The average Bonchev–Trinajstić information content (AvgIpc) is 2.23. The number of ether oxygens (including phenoxy) is 1. The molecule has 0 saturated carbocycles. The Hall–Kier alpha value is -1.65. The van der Waals surface area contributed by atoms with Crippen molar-refractivity contribution >= 4 is 6.09 Å². The summed E-state index contributed by atoms with van der Waals surface area (Å²) < 4.78 is 30.3. The standard InChI is InChI=1S/C11H13F2NO2/c1-3-14(11(15)16-2)7-8-4-9(12)6-10(13)5-8/h4-6H,3,7H2,1-2H3. The lowest BCUT2D eigenvalue weighted by Crippen LogP contribution is -2.30. The number of amides is 1. The second-order valence-electron chi connectivity index (χ2n) is 3.26. The van der Waals surface area contributed by atoms with Crippen molar-refractivity contribution in [2.24, 2.45) is 0 Å². The van der Waals surface area contributed by atoms with Crippen molar-refractivity contribution < 1.29 is 18.3 Å². The lowest BCUT2D eigenvalue weighted by Gasteiger charge is -2.19. The van der Waals surface area contributed by atoms with Crippen LogP contribution in [0.1, 0.15) is 12.5 Å². The normalized spacial score (nSPS) is 10.0. The van der Waals surface area contributed by atoms with Gasteiger partial charge in [-0.15, -0.1) is 0 Å². The number of benzene rings is 1. The Morgan fingerprint density at radius 3 is 2.31 bits per heavy atom. The summed E-state index contributed by atoms with van der Waals surface area (Å²) >= 11 is 0. The number of carbonyl (C=O) groups is 1. The smallest absolute Gasteiger partial charge is 0.409 e. The van der Waals surface area contributed by atoms with Crippen LogP contribution in [0.3, 0.4) is 0 Å². The topological polar surface area (TPSA) is 29.5 Å². The molecule has 0 unspecified atom stereocenters. The van der Waals surface area contributed by atoms with Gasteiger partial charge in [-0.1, -0.05) is 0 Å². The molecular formula is C11H13F2NO2. The molecule has 1 rings (SSSR count). The van der Waals surface area contributed by atoms with Crippen molar-refractivity contribution in [3.05, 3.63) is 35.4 Å². The summed E-state index contributed by atoms with van der Waals surface area (Å²) in [6.45, 7) is 2.29. The van der Waals surface area contributed by atoms with Crippen LogP contribution in [-0.2, 0) is 11.3 Å². The molecule has 0 N–H and O–H groups in total. The number of hydrogen-bond donors (Lipinski definition) is 0. The molecule has 3 nitrogen and oxygen atoms in total. The van der Waals surface area contributed by atoms with Gasteiger partial charge in [0.1, 0.15) is 11.6 Å². The molecule has 0 saturated heterocycles. The van der Waals surface area contributed by atoms with E-state index in [2.05, 4.69) is 4.74 Å². The van der Waals surface area contributed by atoms with Gasteiger partial charge >= 0.3 is 6.09 Å². The fourth-order valence-corrected chi connectivity index (χ4v) is 1.36. The summed E-state index contributed by atoms with van der Waals surface area (Å²) in [4.78, 5) is 12.6. The molecule has 16 heavy (non-hydrogen) atoms. The van der Waals surface area contributed by atoms with Crippen LogP contribution in [-0.4, -0.2) is 24.6 Å². The summed E-state index contributed by atoms with van der Waals surface area (Å²) in [6, 6.07) is 3.17. The van der Waals surface area contributed by atoms with E-state index in [-0.39, 0.29) is 6.54 Å². The number of carbonyl (C=O) groups excluding carboxylic acids is 1. The Labute approximate surface area is 92.6 Å². The van der Waals surface area contributed by atoms with Crippen LogP contribution in [0.2, 0.25) is 0 Å². The van der Waals surface area contributed by atoms with E-state index in [9.17, 15) is 13.6 Å². The van der Waals surface area contributed by atoms with Gasteiger partial charge < -0.3 is 9.64 Å². The SMILES string of the molecule is CCN(Cc1cc(F)cc(F)c1)C(=O)OC. The Morgan fingerprint density at radius 1 is 1.31 bits per heavy atom. The highest BCUT2D eigenvalue weighted by molar-refractivity contribution is 5.67. The first-order valence-corrected chi connectivity index (χ1v) is 4.84. The lowest BCUT2D eigenvalue weighted by molar-refractivity contribution is 0.123. The summed E-state index contributed by atoms with van der Waals surface area (Å²) in [7, 11) is 1.26. The largest absolute Gasteiger partial charge is 0.453 e. The van der Waals surface area contributed by atoms with E-state index in [1.165, 1.54) is 24.1 Å². The maximum Gasteiger partial charge on any atom is 0.409 e. The van der Waals surface area contributed by atoms with Crippen LogP contribution in [0.25, 0.3) is 0 Å². The van der Waals surface area contributed by atoms with E-state index in [1.54, 1.807) is 6.92 Å². The molecule has 1 aromatic rings. The Kier molecular flexibility index (Phi) is 4.22. The molecule has 0 radical (unpaired) electrons. The van der Waals surface area contributed by atoms with Crippen LogP contribution in [0, 0.1) is 11.6 Å². The number of halogens is 2. The second kappa shape index (κ2) is 5.44. The Morgan fingerprint density at radius 2 is 1.88 bits per heavy atom. The van der Waals surface area contributed by atoms with Gasteiger partial charge in [0, 0.05) is 19.2 Å². The van der Waals surface area contributed by atoms with Crippen LogP contribution < -0.4 is 0 Å². The minimum Gasteiger partial charge on any atom is -0.453 e. The maximum atomic E-state index is 12.9. The highest BCUT2D eigenvalue weighted by Gasteiger charge is 2.12. The van der Waals surface area contributed by atoms with Crippen molar-refractivity contribution in [2.75, 3.05) is 13.7 Å². The van der Waals surface area contributed by atoms with E-state index < -0.39 is 17.7 Å². The van der Waals surface area contributed by atoms with E-state index in [1.807, 2.05) is 0 Å². The van der Waals surface area contributed by atoms with Gasteiger partial charge in [0.15, 0.2) is 0 Å². The summed E-state index contributed by atoms with van der Waals surface area (Å²) in [6.07, 6.45) is -0.521. The fourth-order valence-electron chi connectivity index (χ4n) is 1.36. The zero-order chi connectivity index (χ0) is 12.1. The predicted molar refractivity (Wildman–Crippen MR) is 54.8 cm³/mol. The zero-order valence-electron chi connectivity index (χ0n) is 9.17. The Bertz CT molecular complexity index is 362. The molecular weight excluding hydrogens is 216 g/mol. The highest BCUT2D eigenvalue weighted by Crippen LogP contribution is 2.11. The van der Waals surface area contributed by atoms with Crippen molar-refractivity contribution in [2.45, 2.75) is 13.5 Å². The monoisotopic (exact) mass is 229 g/mol. The van der Waals surface area contributed by atoms with Gasteiger partial charge in [-0.25, -0.2) is 13.6 Å². The van der Waals surface area contributed by atoms with Crippen molar-refractivity contribution in [3.8, 4) is 0 Å². The molecule has 88 valence electrons. The van der Waals surface area contributed by atoms with Crippen molar-refractivity contribution in [1.82, 2.24) is 4.90 Å². The van der Waals surface area contributed by atoms with Crippen LogP contribution >= 0.6 is 0 Å². The predicted octanol–water partition coefficient (Wildman–Crippen LogP) is 2.55. The molecule has 1 amide bonds. The van der Waals surface area contributed by atoms with E-state index in [0.29, 0.717) is 12.1 Å². The first-order chi connectivity index (χ1) is 7.56. The molecule has 5 heteroatoms. The Balaban J connectivity index is 2.81. The minimum absolute atomic E-state index is 0.123. The molecule has 0 bridgehead atoms. The van der Waals surface area contributed by atoms with Gasteiger partial charge in [0.05, 0.1) is 7.11 Å². The molecule has 0 atom stereocenters. The zero-order valence-corrected chi connectivity index (χ0v) is 9.17. The third-order valence-corrected chi connectivity index (χ3v) is 2.11. The summed E-state index contributed by atoms with van der Waals surface area (Å²) in [5.41, 5.74) is 0.393. The summed E-state index contributed by atoms with van der Waals surface area (Å²) in [5.74, 6) is -1.31. The minimum atomic E-state index is -0.657. The first-order valence-electron chi connectivity index (χ1n) is 4.84.